The van der Waals surface area contributed by atoms with Gasteiger partial charge in [-0.1, -0.05) is 39.8 Å². The van der Waals surface area contributed by atoms with Crippen LogP contribution < -0.4 is 9.46 Å². The molecule has 0 unspecified atom stereocenters. The van der Waals surface area contributed by atoms with Crippen LogP contribution in [0.2, 0.25) is 0 Å². The Hall–Kier alpha value is -2.03. The van der Waals surface area contributed by atoms with Gasteiger partial charge in [-0.15, -0.1) is 11.8 Å². The summed E-state index contributed by atoms with van der Waals surface area (Å²) in [7, 11) is -3.77. The molecule has 8 heteroatoms. The van der Waals surface area contributed by atoms with E-state index < -0.39 is 10.0 Å². The van der Waals surface area contributed by atoms with Crippen LogP contribution in [0.15, 0.2) is 52.3 Å². The van der Waals surface area contributed by atoms with Gasteiger partial charge in [0.15, 0.2) is 0 Å². The van der Waals surface area contributed by atoms with Gasteiger partial charge in [-0.25, -0.2) is 13.1 Å². The van der Waals surface area contributed by atoms with Crippen molar-refractivity contribution < 1.29 is 17.9 Å². The zero-order chi connectivity index (χ0) is 24.9. The zero-order valence-corrected chi connectivity index (χ0v) is 22.4. The highest BCUT2D eigenvalue weighted by molar-refractivity contribution is 7.98. The van der Waals surface area contributed by atoms with Crippen LogP contribution in [0.3, 0.4) is 0 Å². The highest BCUT2D eigenvalue weighted by atomic mass is 32.2. The molecule has 1 saturated heterocycles. The first kappa shape index (κ1) is 26.6. The molecule has 0 aromatic heterocycles. The van der Waals surface area contributed by atoms with Gasteiger partial charge in [0.2, 0.25) is 10.0 Å². The Morgan fingerprint density at radius 3 is 2.35 bits per heavy atom. The summed E-state index contributed by atoms with van der Waals surface area (Å²) in [5, 5.41) is 0. The van der Waals surface area contributed by atoms with Gasteiger partial charge >= 0.3 is 0 Å². The number of piperidine rings is 1. The molecule has 0 saturated carbocycles. The van der Waals surface area contributed by atoms with Crippen molar-refractivity contribution in [3.05, 3.63) is 53.6 Å². The summed E-state index contributed by atoms with van der Waals surface area (Å²) < 4.78 is 34.1. The first-order valence-corrected chi connectivity index (χ1v) is 14.4. The lowest BCUT2D eigenvalue weighted by atomic mass is 9.87. The highest BCUT2D eigenvalue weighted by Gasteiger charge is 2.25. The van der Waals surface area contributed by atoms with E-state index in [0.29, 0.717) is 30.3 Å². The molecule has 1 heterocycles. The molecule has 1 aliphatic heterocycles. The Bertz CT molecular complexity index is 1080. The topological polar surface area (TPSA) is 75.7 Å². The van der Waals surface area contributed by atoms with E-state index >= 15 is 0 Å². The number of nitrogens with zero attached hydrogens (tertiary/aromatic N) is 1. The first-order chi connectivity index (χ1) is 16.0. The van der Waals surface area contributed by atoms with E-state index in [2.05, 4.69) is 32.4 Å². The number of amides is 1. The van der Waals surface area contributed by atoms with Crippen molar-refractivity contribution in [2.45, 2.75) is 55.7 Å². The van der Waals surface area contributed by atoms with Crippen molar-refractivity contribution >= 4 is 27.7 Å². The maximum Gasteiger partial charge on any atom is 0.255 e. The average molecular weight is 505 g/mol. The average Bonchev–Trinajstić information content (AvgIpc) is 2.81. The summed E-state index contributed by atoms with van der Waals surface area (Å²) in [4.78, 5) is 15.9. The molecule has 6 nitrogen and oxygen atoms in total. The molecule has 2 aromatic rings. The number of hydrogen-bond donors (Lipinski definition) is 1. The Morgan fingerprint density at radius 1 is 1.12 bits per heavy atom. The van der Waals surface area contributed by atoms with Gasteiger partial charge < -0.3 is 9.64 Å². The molecule has 0 radical (unpaired) electrons. The maximum absolute atomic E-state index is 13.1. The second kappa shape index (κ2) is 11.1. The number of likely N-dealkylation sites (tertiary alicyclic amines) is 1. The molecule has 34 heavy (non-hydrogen) atoms. The lowest BCUT2D eigenvalue weighted by molar-refractivity contribution is 0.0693. The van der Waals surface area contributed by atoms with Gasteiger partial charge in [0, 0.05) is 24.5 Å². The summed E-state index contributed by atoms with van der Waals surface area (Å²) >= 11 is 1.45. The zero-order valence-electron chi connectivity index (χ0n) is 20.8. The smallest absolute Gasteiger partial charge is 0.255 e. The van der Waals surface area contributed by atoms with Gasteiger partial charge in [-0.05, 0) is 66.3 Å². The minimum Gasteiger partial charge on any atom is -0.492 e. The lowest BCUT2D eigenvalue weighted by Gasteiger charge is -2.30. The predicted octanol–water partition coefficient (Wildman–Crippen LogP) is 4.94. The third-order valence-electron chi connectivity index (χ3n) is 6.17. The third-order valence-corrected chi connectivity index (χ3v) is 8.42. The van der Waals surface area contributed by atoms with Crippen molar-refractivity contribution in [1.29, 1.82) is 0 Å². The van der Waals surface area contributed by atoms with Gasteiger partial charge in [0.25, 0.3) is 5.91 Å². The number of carbonyl (C=O) groups excluding carboxylic acids is 1. The number of ether oxygens (including phenoxy) is 1. The molecule has 2 aromatic carbocycles. The van der Waals surface area contributed by atoms with Crippen molar-refractivity contribution in [1.82, 2.24) is 9.62 Å². The normalized spacial score (nSPS) is 15.4. The summed E-state index contributed by atoms with van der Waals surface area (Å²) in [5.74, 6) is 1.20. The number of sulfonamides is 1. The van der Waals surface area contributed by atoms with Crippen LogP contribution in [-0.4, -0.2) is 51.7 Å². The number of benzene rings is 2. The van der Waals surface area contributed by atoms with Crippen LogP contribution >= 0.6 is 11.8 Å². The fourth-order valence-corrected chi connectivity index (χ4v) is 5.49. The molecule has 3 rings (SSSR count). The Balaban J connectivity index is 1.63. The molecule has 186 valence electrons. The molecule has 1 aliphatic rings. The quantitative estimate of drug-likeness (QED) is 0.407. The summed E-state index contributed by atoms with van der Waals surface area (Å²) in [6.45, 7) is 10.4. The van der Waals surface area contributed by atoms with Gasteiger partial charge in [0.05, 0.1) is 10.5 Å². The minimum absolute atomic E-state index is 0.0622. The molecule has 1 amide bonds. The summed E-state index contributed by atoms with van der Waals surface area (Å²) in [6.07, 6.45) is 3.83. The van der Waals surface area contributed by atoms with Crippen LogP contribution in [-0.2, 0) is 15.4 Å². The molecular formula is C26H36N2O4S2. The van der Waals surface area contributed by atoms with E-state index in [1.807, 2.05) is 35.4 Å². The SMILES string of the molecule is CSc1ccc(S(=O)(=O)NCCOc2ccc(C(C)(C)C)cc2)cc1C(=O)N1CCC(C)CC1. The minimum atomic E-state index is -3.77. The Labute approximate surface area is 208 Å². The van der Waals surface area contributed by atoms with Crippen LogP contribution in [0.1, 0.15) is 56.5 Å². The van der Waals surface area contributed by atoms with E-state index in [1.165, 1.54) is 23.4 Å². The second-order valence-electron chi connectivity index (χ2n) is 9.86. The van der Waals surface area contributed by atoms with Gasteiger partial charge in [-0.3, -0.25) is 4.79 Å². The maximum atomic E-state index is 13.1. The molecule has 0 aliphatic carbocycles. The van der Waals surface area contributed by atoms with E-state index in [0.717, 1.165) is 17.7 Å². The van der Waals surface area contributed by atoms with Crippen molar-refractivity contribution in [3.8, 4) is 5.75 Å². The summed E-state index contributed by atoms with van der Waals surface area (Å²) in [6, 6.07) is 12.6. The molecule has 0 spiro atoms. The van der Waals surface area contributed by atoms with Gasteiger partial charge in [-0.2, -0.15) is 0 Å². The summed E-state index contributed by atoms with van der Waals surface area (Å²) in [5.41, 5.74) is 1.71. The molecule has 1 N–H and O–H groups in total. The highest BCUT2D eigenvalue weighted by Crippen LogP contribution is 2.27. The third kappa shape index (κ3) is 6.77. The first-order valence-electron chi connectivity index (χ1n) is 11.7. The van der Waals surface area contributed by atoms with E-state index in [9.17, 15) is 13.2 Å². The predicted molar refractivity (Wildman–Crippen MR) is 138 cm³/mol. The van der Waals surface area contributed by atoms with Crippen LogP contribution in [0, 0.1) is 5.92 Å². The van der Waals surface area contributed by atoms with Crippen LogP contribution in [0.4, 0.5) is 0 Å². The molecule has 0 bridgehead atoms. The Kier molecular flexibility index (Phi) is 8.71. The van der Waals surface area contributed by atoms with Crippen molar-refractivity contribution in [2.24, 2.45) is 5.92 Å². The van der Waals surface area contributed by atoms with Crippen molar-refractivity contribution in [3.63, 3.8) is 0 Å². The van der Waals surface area contributed by atoms with Gasteiger partial charge in [0.1, 0.15) is 12.4 Å². The van der Waals surface area contributed by atoms with Crippen molar-refractivity contribution in [2.75, 3.05) is 32.5 Å². The molecule has 0 atom stereocenters. The standard InChI is InChI=1S/C26H36N2O4S2/c1-19-12-15-28(16-13-19)25(29)23-18-22(10-11-24(23)33-5)34(30,31)27-14-17-32-21-8-6-20(7-9-21)26(2,3)4/h6-11,18-19,27H,12-17H2,1-5H3. The monoisotopic (exact) mass is 504 g/mol. The second-order valence-corrected chi connectivity index (χ2v) is 12.5. The molecule has 1 fully saturated rings. The number of thioether (sulfide) groups is 1. The number of rotatable bonds is 8. The largest absolute Gasteiger partial charge is 0.492 e. The number of carbonyl (C=O) groups is 1. The van der Waals surface area contributed by atoms with E-state index in [-0.39, 0.29) is 29.4 Å². The Morgan fingerprint density at radius 2 is 1.76 bits per heavy atom. The number of hydrogen-bond acceptors (Lipinski definition) is 5. The molecular weight excluding hydrogens is 468 g/mol. The van der Waals surface area contributed by atoms with E-state index in [4.69, 9.17) is 4.74 Å². The van der Waals surface area contributed by atoms with E-state index in [1.54, 1.807) is 12.1 Å². The number of nitrogens with one attached hydrogen (secondary N) is 1. The van der Waals surface area contributed by atoms with Crippen LogP contribution in [0.25, 0.3) is 0 Å². The van der Waals surface area contributed by atoms with Crippen LogP contribution in [0.5, 0.6) is 5.75 Å². The lowest BCUT2D eigenvalue weighted by Crippen LogP contribution is -2.38. The fourth-order valence-electron chi connectivity index (χ4n) is 3.88. The fraction of sp³-hybridized carbons (Fsp3) is 0.500.